The maximum atomic E-state index is 5.96. The first-order valence-corrected chi connectivity index (χ1v) is 9.16. The number of hydrogen-bond acceptors (Lipinski definition) is 3. The second-order valence-corrected chi connectivity index (χ2v) is 7.22. The molecule has 25 heavy (non-hydrogen) atoms. The number of nitrogens with zero attached hydrogens (tertiary/aromatic N) is 2. The molecule has 2 atom stereocenters. The standard InChI is InChI=1S/C19H16BrN3OS/c1-12-5-10-16(24-12)18-17(15-4-2-3-11-21-15)22-19(25)23(18)14-8-6-13(20)7-9-14/h2-11,17-18H,1H3,(H,22,25)/t17-,18+/m1/s1. The van der Waals surface area contributed by atoms with Gasteiger partial charge in [0.15, 0.2) is 5.11 Å². The molecule has 0 spiro atoms. The number of benzene rings is 1. The fraction of sp³-hybridized carbons (Fsp3) is 0.158. The van der Waals surface area contributed by atoms with E-state index < -0.39 is 0 Å². The number of anilines is 1. The number of halogens is 1. The molecule has 0 saturated carbocycles. The minimum atomic E-state index is -0.0997. The molecule has 2 aromatic heterocycles. The van der Waals surface area contributed by atoms with E-state index in [1.807, 2.05) is 61.5 Å². The molecule has 3 heterocycles. The third-order valence-corrected chi connectivity index (χ3v) is 5.10. The van der Waals surface area contributed by atoms with Crippen LogP contribution in [-0.4, -0.2) is 10.1 Å². The lowest BCUT2D eigenvalue weighted by molar-refractivity contribution is 0.418. The molecule has 1 aliphatic heterocycles. The van der Waals surface area contributed by atoms with Gasteiger partial charge in [-0.1, -0.05) is 22.0 Å². The monoisotopic (exact) mass is 413 g/mol. The Balaban J connectivity index is 1.81. The summed E-state index contributed by atoms with van der Waals surface area (Å²) in [7, 11) is 0. The van der Waals surface area contributed by atoms with Crippen molar-refractivity contribution in [1.29, 1.82) is 0 Å². The van der Waals surface area contributed by atoms with Gasteiger partial charge in [-0.3, -0.25) is 4.98 Å². The second kappa shape index (κ2) is 6.61. The molecule has 4 rings (SSSR count). The van der Waals surface area contributed by atoms with Crippen LogP contribution in [0, 0.1) is 6.92 Å². The largest absolute Gasteiger partial charge is 0.464 e. The van der Waals surface area contributed by atoms with Crippen LogP contribution in [0.5, 0.6) is 0 Å². The van der Waals surface area contributed by atoms with E-state index in [1.165, 1.54) is 0 Å². The molecule has 0 amide bonds. The first-order chi connectivity index (χ1) is 12.1. The van der Waals surface area contributed by atoms with Gasteiger partial charge in [-0.15, -0.1) is 0 Å². The summed E-state index contributed by atoms with van der Waals surface area (Å²) in [5, 5.41) is 4.08. The van der Waals surface area contributed by atoms with Crippen molar-refractivity contribution in [3.05, 3.63) is 82.5 Å². The molecule has 0 unspecified atom stereocenters. The van der Waals surface area contributed by atoms with Gasteiger partial charge < -0.3 is 14.6 Å². The van der Waals surface area contributed by atoms with E-state index in [4.69, 9.17) is 16.6 Å². The lowest BCUT2D eigenvalue weighted by Crippen LogP contribution is -2.29. The van der Waals surface area contributed by atoms with E-state index in [-0.39, 0.29) is 12.1 Å². The molecule has 6 heteroatoms. The van der Waals surface area contributed by atoms with Crippen molar-refractivity contribution >= 4 is 38.9 Å². The Morgan fingerprint density at radius 3 is 2.56 bits per heavy atom. The van der Waals surface area contributed by atoms with Crippen LogP contribution < -0.4 is 10.2 Å². The summed E-state index contributed by atoms with van der Waals surface area (Å²) in [6.07, 6.45) is 1.80. The maximum Gasteiger partial charge on any atom is 0.174 e. The lowest BCUT2D eigenvalue weighted by Gasteiger charge is -2.26. The molecule has 1 aliphatic rings. The van der Waals surface area contributed by atoms with Crippen molar-refractivity contribution in [3.63, 3.8) is 0 Å². The summed E-state index contributed by atoms with van der Waals surface area (Å²) < 4.78 is 6.99. The van der Waals surface area contributed by atoms with Gasteiger partial charge in [-0.25, -0.2) is 0 Å². The van der Waals surface area contributed by atoms with Crippen LogP contribution in [0.2, 0.25) is 0 Å². The molecular formula is C19H16BrN3OS. The Hall–Kier alpha value is -2.18. The van der Waals surface area contributed by atoms with E-state index in [0.29, 0.717) is 5.11 Å². The van der Waals surface area contributed by atoms with E-state index in [0.717, 1.165) is 27.4 Å². The van der Waals surface area contributed by atoms with E-state index >= 15 is 0 Å². The first-order valence-electron chi connectivity index (χ1n) is 7.96. The van der Waals surface area contributed by atoms with Crippen molar-refractivity contribution in [2.75, 3.05) is 4.90 Å². The molecule has 0 radical (unpaired) electrons. The second-order valence-electron chi connectivity index (χ2n) is 5.92. The summed E-state index contributed by atoms with van der Waals surface area (Å²) in [5.41, 5.74) is 1.95. The summed E-state index contributed by atoms with van der Waals surface area (Å²) in [6.45, 7) is 1.95. The molecule has 126 valence electrons. The smallest absolute Gasteiger partial charge is 0.174 e. The number of furan rings is 1. The van der Waals surface area contributed by atoms with Crippen molar-refractivity contribution < 1.29 is 4.42 Å². The van der Waals surface area contributed by atoms with E-state index in [2.05, 4.69) is 31.1 Å². The minimum Gasteiger partial charge on any atom is -0.464 e. The van der Waals surface area contributed by atoms with Crippen molar-refractivity contribution in [2.45, 2.75) is 19.0 Å². The van der Waals surface area contributed by atoms with Gasteiger partial charge in [0, 0.05) is 16.4 Å². The number of rotatable bonds is 3. The predicted octanol–water partition coefficient (Wildman–Crippen LogP) is 4.92. The highest BCUT2D eigenvalue weighted by atomic mass is 79.9. The van der Waals surface area contributed by atoms with Crippen molar-refractivity contribution in [2.24, 2.45) is 0 Å². The van der Waals surface area contributed by atoms with Gasteiger partial charge in [-0.2, -0.15) is 0 Å². The molecule has 1 N–H and O–H groups in total. The minimum absolute atomic E-state index is 0.0807. The molecule has 4 nitrogen and oxygen atoms in total. The lowest BCUT2D eigenvalue weighted by atomic mass is 10.0. The van der Waals surface area contributed by atoms with Crippen LogP contribution in [-0.2, 0) is 0 Å². The van der Waals surface area contributed by atoms with Crippen LogP contribution in [0.25, 0.3) is 0 Å². The molecule has 0 bridgehead atoms. The van der Waals surface area contributed by atoms with E-state index in [9.17, 15) is 0 Å². The van der Waals surface area contributed by atoms with Crippen LogP contribution >= 0.6 is 28.1 Å². The molecular weight excluding hydrogens is 398 g/mol. The average Bonchev–Trinajstić information content (AvgIpc) is 3.20. The highest BCUT2D eigenvalue weighted by Crippen LogP contribution is 2.42. The molecule has 1 saturated heterocycles. The molecule has 1 fully saturated rings. The number of thiocarbonyl (C=S) groups is 1. The average molecular weight is 414 g/mol. The maximum absolute atomic E-state index is 5.96. The van der Waals surface area contributed by atoms with Crippen LogP contribution in [0.1, 0.15) is 29.3 Å². The first kappa shape index (κ1) is 16.3. The third kappa shape index (κ3) is 3.07. The molecule has 1 aromatic carbocycles. The fourth-order valence-electron chi connectivity index (χ4n) is 3.14. The van der Waals surface area contributed by atoms with Crippen LogP contribution in [0.4, 0.5) is 5.69 Å². The summed E-state index contributed by atoms with van der Waals surface area (Å²) in [6, 6.07) is 17.8. The summed E-state index contributed by atoms with van der Waals surface area (Å²) >= 11 is 9.14. The van der Waals surface area contributed by atoms with Gasteiger partial charge in [0.2, 0.25) is 0 Å². The van der Waals surface area contributed by atoms with Crippen LogP contribution in [0.3, 0.4) is 0 Å². The summed E-state index contributed by atoms with van der Waals surface area (Å²) in [4.78, 5) is 6.62. The Labute approximate surface area is 160 Å². The van der Waals surface area contributed by atoms with Crippen molar-refractivity contribution in [3.8, 4) is 0 Å². The van der Waals surface area contributed by atoms with Gasteiger partial charge in [-0.05, 0) is 67.7 Å². The molecule has 3 aromatic rings. The topological polar surface area (TPSA) is 41.3 Å². The van der Waals surface area contributed by atoms with Gasteiger partial charge in [0.25, 0.3) is 0 Å². The molecule has 0 aliphatic carbocycles. The summed E-state index contributed by atoms with van der Waals surface area (Å²) in [5.74, 6) is 1.74. The van der Waals surface area contributed by atoms with E-state index in [1.54, 1.807) is 6.20 Å². The van der Waals surface area contributed by atoms with Crippen LogP contribution in [0.15, 0.2) is 69.7 Å². The van der Waals surface area contributed by atoms with Gasteiger partial charge in [0.1, 0.15) is 17.6 Å². The number of aryl methyl sites for hydroxylation is 1. The SMILES string of the molecule is Cc1ccc([C@H]2[C@@H](c3ccccn3)NC(=S)N2c2ccc(Br)cc2)o1. The predicted molar refractivity (Wildman–Crippen MR) is 106 cm³/mol. The number of nitrogens with one attached hydrogen (secondary N) is 1. The zero-order valence-corrected chi connectivity index (χ0v) is 15.9. The third-order valence-electron chi connectivity index (χ3n) is 4.26. The fourth-order valence-corrected chi connectivity index (χ4v) is 3.75. The zero-order chi connectivity index (χ0) is 17.4. The quantitative estimate of drug-likeness (QED) is 0.616. The van der Waals surface area contributed by atoms with Crippen molar-refractivity contribution in [1.82, 2.24) is 10.3 Å². The normalized spacial score (nSPS) is 19.9. The Morgan fingerprint density at radius 2 is 1.92 bits per heavy atom. The number of pyridine rings is 1. The highest BCUT2D eigenvalue weighted by molar-refractivity contribution is 9.10. The Bertz CT molecular complexity index is 895. The number of aromatic nitrogens is 1. The van der Waals surface area contributed by atoms with Gasteiger partial charge >= 0.3 is 0 Å². The van der Waals surface area contributed by atoms with Gasteiger partial charge in [0.05, 0.1) is 11.7 Å². The Kier molecular flexibility index (Phi) is 4.31. The number of hydrogen-bond donors (Lipinski definition) is 1. The Morgan fingerprint density at radius 1 is 1.12 bits per heavy atom. The highest BCUT2D eigenvalue weighted by Gasteiger charge is 2.42. The zero-order valence-electron chi connectivity index (χ0n) is 13.5.